The second kappa shape index (κ2) is 4.97. The van der Waals surface area contributed by atoms with Crippen LogP contribution in [0.15, 0.2) is 6.33 Å². The SMILES string of the molecule is CC(C)Oc1ncnc(NC2(CO)CCC2)c1N. The molecule has 0 aromatic carbocycles. The molecule has 0 aliphatic heterocycles. The van der Waals surface area contributed by atoms with Crippen LogP contribution in [0.2, 0.25) is 0 Å². The number of hydrogen-bond donors (Lipinski definition) is 3. The number of ether oxygens (including phenoxy) is 1. The van der Waals surface area contributed by atoms with Gasteiger partial charge in [-0.15, -0.1) is 0 Å². The highest BCUT2D eigenvalue weighted by molar-refractivity contribution is 5.67. The van der Waals surface area contributed by atoms with E-state index in [1.54, 1.807) is 0 Å². The molecule has 1 heterocycles. The molecule has 0 atom stereocenters. The van der Waals surface area contributed by atoms with Gasteiger partial charge in [0.25, 0.3) is 0 Å². The molecule has 0 unspecified atom stereocenters. The number of aromatic nitrogens is 2. The number of nitrogens with two attached hydrogens (primary N) is 1. The molecule has 1 fully saturated rings. The van der Waals surface area contributed by atoms with Crippen LogP contribution in [0, 0.1) is 0 Å². The molecule has 0 bridgehead atoms. The van der Waals surface area contributed by atoms with Crippen molar-refractivity contribution in [2.75, 3.05) is 17.7 Å². The highest BCUT2D eigenvalue weighted by atomic mass is 16.5. The molecule has 2 rings (SSSR count). The predicted molar refractivity (Wildman–Crippen MR) is 69.5 cm³/mol. The van der Waals surface area contributed by atoms with E-state index >= 15 is 0 Å². The Kier molecular flexibility index (Phi) is 3.56. The quantitative estimate of drug-likeness (QED) is 0.728. The molecule has 0 radical (unpaired) electrons. The Hall–Kier alpha value is -1.56. The van der Waals surface area contributed by atoms with Crippen molar-refractivity contribution < 1.29 is 9.84 Å². The fourth-order valence-corrected chi connectivity index (χ4v) is 1.97. The summed E-state index contributed by atoms with van der Waals surface area (Å²) in [6.45, 7) is 3.91. The Labute approximate surface area is 107 Å². The Bertz CT molecular complexity index is 413. The maximum absolute atomic E-state index is 9.43. The molecule has 1 aromatic rings. The number of nitrogens with zero attached hydrogens (tertiary/aromatic N) is 2. The number of nitrogens with one attached hydrogen (secondary N) is 1. The summed E-state index contributed by atoms with van der Waals surface area (Å²) in [5.74, 6) is 0.921. The minimum atomic E-state index is -0.280. The number of aliphatic hydroxyl groups is 1. The van der Waals surface area contributed by atoms with Crippen LogP contribution in [-0.4, -0.2) is 33.3 Å². The molecule has 18 heavy (non-hydrogen) atoms. The second-order valence-corrected chi connectivity index (χ2v) is 5.02. The molecule has 0 saturated heterocycles. The number of nitrogen functional groups attached to an aromatic ring is 1. The average Bonchev–Trinajstić information content (AvgIpc) is 2.27. The fraction of sp³-hybridized carbons (Fsp3) is 0.667. The van der Waals surface area contributed by atoms with Crippen LogP contribution in [0.5, 0.6) is 5.88 Å². The molecule has 6 heteroatoms. The highest BCUT2D eigenvalue weighted by Gasteiger charge is 2.37. The van der Waals surface area contributed by atoms with Crippen LogP contribution < -0.4 is 15.8 Å². The maximum Gasteiger partial charge on any atom is 0.242 e. The van der Waals surface area contributed by atoms with Crippen LogP contribution in [0.25, 0.3) is 0 Å². The van der Waals surface area contributed by atoms with Crippen LogP contribution in [0.1, 0.15) is 33.1 Å². The topological polar surface area (TPSA) is 93.3 Å². The third-order valence-corrected chi connectivity index (χ3v) is 3.19. The highest BCUT2D eigenvalue weighted by Crippen LogP contribution is 2.37. The Morgan fingerprint density at radius 2 is 2.22 bits per heavy atom. The summed E-state index contributed by atoms with van der Waals surface area (Å²) in [7, 11) is 0. The van der Waals surface area contributed by atoms with Crippen LogP contribution in [-0.2, 0) is 0 Å². The van der Waals surface area contributed by atoms with E-state index in [0.29, 0.717) is 17.4 Å². The maximum atomic E-state index is 9.43. The van der Waals surface area contributed by atoms with Gasteiger partial charge in [-0.2, -0.15) is 4.98 Å². The van der Waals surface area contributed by atoms with E-state index in [2.05, 4.69) is 15.3 Å². The van der Waals surface area contributed by atoms with Crippen molar-refractivity contribution in [3.63, 3.8) is 0 Å². The lowest BCUT2D eigenvalue weighted by atomic mass is 9.77. The van der Waals surface area contributed by atoms with Gasteiger partial charge in [0.1, 0.15) is 12.0 Å². The van der Waals surface area contributed by atoms with Crippen molar-refractivity contribution in [2.24, 2.45) is 0 Å². The lowest BCUT2D eigenvalue weighted by molar-refractivity contribution is 0.144. The van der Waals surface area contributed by atoms with E-state index in [1.807, 2.05) is 13.8 Å². The van der Waals surface area contributed by atoms with Gasteiger partial charge in [0.2, 0.25) is 5.88 Å². The van der Waals surface area contributed by atoms with E-state index in [1.165, 1.54) is 6.33 Å². The molecule has 100 valence electrons. The van der Waals surface area contributed by atoms with Crippen LogP contribution in [0.4, 0.5) is 11.5 Å². The first-order valence-corrected chi connectivity index (χ1v) is 6.22. The van der Waals surface area contributed by atoms with Gasteiger partial charge in [0.15, 0.2) is 5.82 Å². The summed E-state index contributed by atoms with van der Waals surface area (Å²) in [6.07, 6.45) is 4.37. The molecule has 6 nitrogen and oxygen atoms in total. The van der Waals surface area contributed by atoms with Crippen molar-refractivity contribution in [3.8, 4) is 5.88 Å². The van der Waals surface area contributed by atoms with E-state index < -0.39 is 0 Å². The van der Waals surface area contributed by atoms with Crippen molar-refractivity contribution in [3.05, 3.63) is 6.33 Å². The number of rotatable bonds is 5. The predicted octanol–water partition coefficient (Wildman–Crippen LogP) is 1.17. The van der Waals surface area contributed by atoms with Crippen LogP contribution >= 0.6 is 0 Å². The van der Waals surface area contributed by atoms with Gasteiger partial charge in [-0.25, -0.2) is 4.98 Å². The third-order valence-electron chi connectivity index (χ3n) is 3.19. The average molecular weight is 252 g/mol. The first-order valence-electron chi connectivity index (χ1n) is 6.22. The molecule has 1 aromatic heterocycles. The first-order chi connectivity index (χ1) is 8.56. The molecule has 1 aliphatic rings. The lowest BCUT2D eigenvalue weighted by Crippen LogP contribution is -2.48. The zero-order valence-corrected chi connectivity index (χ0v) is 10.8. The van der Waals surface area contributed by atoms with Crippen molar-refractivity contribution in [2.45, 2.75) is 44.8 Å². The number of aliphatic hydroxyl groups excluding tert-OH is 1. The summed E-state index contributed by atoms with van der Waals surface area (Å²) in [5, 5.41) is 12.6. The normalized spacial score (nSPS) is 17.3. The summed E-state index contributed by atoms with van der Waals surface area (Å²) < 4.78 is 5.51. The van der Waals surface area contributed by atoms with Gasteiger partial charge >= 0.3 is 0 Å². The molecular formula is C12H20N4O2. The second-order valence-electron chi connectivity index (χ2n) is 5.02. The molecular weight excluding hydrogens is 232 g/mol. The number of anilines is 2. The smallest absolute Gasteiger partial charge is 0.242 e. The zero-order chi connectivity index (χ0) is 13.2. The summed E-state index contributed by atoms with van der Waals surface area (Å²) in [6, 6.07) is 0. The minimum absolute atomic E-state index is 0.00514. The minimum Gasteiger partial charge on any atom is -0.473 e. The standard InChI is InChI=1S/C12H20N4O2/c1-8(2)18-11-9(13)10(14-7-15-11)16-12(6-17)4-3-5-12/h7-8,17H,3-6,13H2,1-2H3,(H,14,15,16). The molecule has 4 N–H and O–H groups in total. The van der Waals surface area contributed by atoms with Crippen molar-refractivity contribution in [1.29, 1.82) is 0 Å². The molecule has 1 saturated carbocycles. The molecule has 0 amide bonds. The summed E-state index contributed by atoms with van der Waals surface area (Å²) >= 11 is 0. The Morgan fingerprint density at radius 1 is 1.50 bits per heavy atom. The lowest BCUT2D eigenvalue weighted by Gasteiger charge is -2.41. The van der Waals surface area contributed by atoms with Crippen LogP contribution in [0.3, 0.4) is 0 Å². The third kappa shape index (κ3) is 2.48. The van der Waals surface area contributed by atoms with Gasteiger partial charge in [0, 0.05) is 0 Å². The van der Waals surface area contributed by atoms with Gasteiger partial charge in [-0.1, -0.05) is 0 Å². The number of hydrogen-bond acceptors (Lipinski definition) is 6. The molecule has 0 spiro atoms. The van der Waals surface area contributed by atoms with E-state index in [4.69, 9.17) is 10.5 Å². The van der Waals surface area contributed by atoms with Crippen molar-refractivity contribution >= 4 is 11.5 Å². The van der Waals surface area contributed by atoms with Gasteiger partial charge < -0.3 is 20.9 Å². The zero-order valence-electron chi connectivity index (χ0n) is 10.8. The molecule has 1 aliphatic carbocycles. The van der Waals surface area contributed by atoms with E-state index in [-0.39, 0.29) is 18.2 Å². The van der Waals surface area contributed by atoms with Gasteiger partial charge in [-0.05, 0) is 33.1 Å². The fourth-order valence-electron chi connectivity index (χ4n) is 1.97. The summed E-state index contributed by atoms with van der Waals surface area (Å²) in [4.78, 5) is 8.14. The largest absolute Gasteiger partial charge is 0.473 e. The van der Waals surface area contributed by atoms with Gasteiger partial charge in [-0.3, -0.25) is 0 Å². The van der Waals surface area contributed by atoms with E-state index in [0.717, 1.165) is 19.3 Å². The Balaban J connectivity index is 2.18. The first kappa shape index (κ1) is 12.9. The summed E-state index contributed by atoms with van der Waals surface area (Å²) in [5.41, 5.74) is 6.09. The Morgan fingerprint density at radius 3 is 2.72 bits per heavy atom. The van der Waals surface area contributed by atoms with E-state index in [9.17, 15) is 5.11 Å². The van der Waals surface area contributed by atoms with Crippen molar-refractivity contribution in [1.82, 2.24) is 9.97 Å². The van der Waals surface area contributed by atoms with Gasteiger partial charge in [0.05, 0.1) is 18.2 Å². The monoisotopic (exact) mass is 252 g/mol.